The number of ketones is 1. The van der Waals surface area contributed by atoms with Crippen LogP contribution in [-0.4, -0.2) is 88.7 Å². The SMILES string of the molecule is CC(=O)[C@]1(C)CC[C@@]2(C)[C@H]1[C@@H](O)C[C@]1(C)[C@@H]2[C@H](O)C[C@@H]2[C@@]3(C)CC[C@H](O[C@H]4OC[C@H](O)[C@H](OS(=O)(=O)O)[C@H]4O)C(C)(C)[C@@H]3CC[C@]21C. The van der Waals surface area contributed by atoms with Gasteiger partial charge in [0.1, 0.15) is 24.1 Å². The average Bonchev–Trinajstić information content (AvgIpc) is 3.22. The highest BCUT2D eigenvalue weighted by molar-refractivity contribution is 7.80. The van der Waals surface area contributed by atoms with Gasteiger partial charge in [0.15, 0.2) is 6.29 Å². The van der Waals surface area contributed by atoms with Crippen LogP contribution in [0.5, 0.6) is 0 Å². The molecule has 47 heavy (non-hydrogen) atoms. The second-order valence-electron chi connectivity index (χ2n) is 18.2. The Morgan fingerprint density at radius 3 is 2.06 bits per heavy atom. The molecule has 12 heteroatoms. The molecule has 0 aromatic rings. The van der Waals surface area contributed by atoms with Gasteiger partial charge >= 0.3 is 10.4 Å². The molecule has 1 saturated heterocycles. The number of hydrogen-bond donors (Lipinski definition) is 5. The summed E-state index contributed by atoms with van der Waals surface area (Å²) in [6.07, 6.45) is -1.48. The van der Waals surface area contributed by atoms with Gasteiger partial charge < -0.3 is 29.9 Å². The van der Waals surface area contributed by atoms with Gasteiger partial charge in [0.05, 0.1) is 24.9 Å². The molecule has 0 aromatic carbocycles. The molecule has 5 N–H and O–H groups in total. The number of rotatable bonds is 5. The van der Waals surface area contributed by atoms with Crippen molar-refractivity contribution in [3.05, 3.63) is 0 Å². The molecule has 0 unspecified atom stereocenters. The van der Waals surface area contributed by atoms with Gasteiger partial charge in [-0.2, -0.15) is 8.42 Å². The topological polar surface area (TPSA) is 180 Å². The maximum atomic E-state index is 13.0. The van der Waals surface area contributed by atoms with Crippen LogP contribution in [0.15, 0.2) is 0 Å². The first-order valence-electron chi connectivity index (χ1n) is 17.6. The van der Waals surface area contributed by atoms with Crippen molar-refractivity contribution < 1.29 is 51.8 Å². The Kier molecular flexibility index (Phi) is 8.56. The molecular weight excluding hydrogens is 628 g/mol. The summed E-state index contributed by atoms with van der Waals surface area (Å²) >= 11 is 0. The van der Waals surface area contributed by atoms with E-state index in [1.165, 1.54) is 0 Å². The Morgan fingerprint density at radius 1 is 0.787 bits per heavy atom. The van der Waals surface area contributed by atoms with Gasteiger partial charge in [0.2, 0.25) is 0 Å². The molecule has 0 radical (unpaired) electrons. The van der Waals surface area contributed by atoms with Gasteiger partial charge in [-0.15, -0.1) is 0 Å². The van der Waals surface area contributed by atoms with Gasteiger partial charge in [0, 0.05) is 11.3 Å². The molecule has 0 spiro atoms. The predicted molar refractivity (Wildman–Crippen MR) is 171 cm³/mol. The molecule has 1 heterocycles. The fraction of sp³-hybridized carbons (Fsp3) is 0.971. The Hall–Kier alpha value is -0.700. The van der Waals surface area contributed by atoms with Crippen LogP contribution in [0.2, 0.25) is 0 Å². The van der Waals surface area contributed by atoms with Crippen LogP contribution in [0.4, 0.5) is 0 Å². The zero-order chi connectivity index (χ0) is 34.9. The maximum Gasteiger partial charge on any atom is 0.397 e. The normalized spacial score (nSPS) is 55.7. The van der Waals surface area contributed by atoms with Crippen LogP contribution in [0.3, 0.4) is 0 Å². The summed E-state index contributed by atoms with van der Waals surface area (Å²) < 4.78 is 48.6. The standard InChI is InChI=1S/C35H58O11S/c1-18(36)31(4)13-14-33(6)27(31)20(38)16-35(8)28(33)19(37)15-23-32(5)11-10-24(30(2,3)22(32)9-12-34(23,35)7)45-29-25(40)26(21(39)17-44-29)46-47(41,42)43/h19-29,37-40H,9-17H2,1-8H3,(H,41,42,43)/t19-,20+,21+,22+,23-,24+,25-,26+,27+,28-,29-,31+,32+,33+,34-,35-/m1/s1. The van der Waals surface area contributed by atoms with E-state index in [-0.39, 0.29) is 63.8 Å². The monoisotopic (exact) mass is 686 g/mol. The number of aliphatic hydroxyl groups excluding tert-OH is 4. The van der Waals surface area contributed by atoms with Crippen molar-refractivity contribution in [2.75, 3.05) is 6.61 Å². The fourth-order valence-electron chi connectivity index (χ4n) is 13.7. The number of fused-ring (bicyclic) bond motifs is 7. The van der Waals surface area contributed by atoms with Gasteiger partial charge in [-0.3, -0.25) is 9.35 Å². The van der Waals surface area contributed by atoms with Crippen LogP contribution in [0.25, 0.3) is 0 Å². The molecule has 16 atom stereocenters. The molecule has 6 aliphatic rings. The highest BCUT2D eigenvalue weighted by Crippen LogP contribution is 2.78. The van der Waals surface area contributed by atoms with E-state index >= 15 is 0 Å². The molecule has 1 aliphatic heterocycles. The second kappa shape index (κ2) is 11.1. The lowest BCUT2D eigenvalue weighted by Crippen LogP contribution is -2.72. The van der Waals surface area contributed by atoms with Crippen LogP contribution in [0.1, 0.15) is 107 Å². The van der Waals surface area contributed by atoms with Crippen LogP contribution in [-0.2, 0) is 28.9 Å². The molecular formula is C35H58O11S. The van der Waals surface area contributed by atoms with Crippen molar-refractivity contribution in [2.24, 2.45) is 56.2 Å². The number of carbonyl (C=O) groups is 1. The number of Topliss-reactive ketones (excluding diaryl/α,β-unsaturated/α-hetero) is 1. The van der Waals surface area contributed by atoms with E-state index in [0.717, 1.165) is 32.1 Å². The third kappa shape index (κ3) is 5.00. The summed E-state index contributed by atoms with van der Waals surface area (Å²) in [6.45, 7) is 17.0. The molecule has 5 aliphatic carbocycles. The molecule has 11 nitrogen and oxygen atoms in total. The third-order valence-corrected chi connectivity index (χ3v) is 16.4. The smallest absolute Gasteiger partial charge is 0.393 e. The van der Waals surface area contributed by atoms with Gasteiger partial charge in [-0.1, -0.05) is 48.5 Å². The van der Waals surface area contributed by atoms with E-state index in [4.69, 9.17) is 9.47 Å². The van der Waals surface area contributed by atoms with E-state index in [9.17, 15) is 38.2 Å². The fourth-order valence-corrected chi connectivity index (χ4v) is 14.2. The molecule has 5 saturated carbocycles. The largest absolute Gasteiger partial charge is 0.397 e. The summed E-state index contributed by atoms with van der Waals surface area (Å²) in [6, 6.07) is 0. The lowest BCUT2D eigenvalue weighted by atomic mass is 9.31. The first kappa shape index (κ1) is 36.1. The van der Waals surface area contributed by atoms with E-state index in [1.807, 2.05) is 6.92 Å². The minimum absolute atomic E-state index is 0.0307. The maximum absolute atomic E-state index is 13.0. The van der Waals surface area contributed by atoms with E-state index in [1.54, 1.807) is 6.92 Å². The number of hydrogen-bond acceptors (Lipinski definition) is 10. The van der Waals surface area contributed by atoms with E-state index in [2.05, 4.69) is 45.7 Å². The van der Waals surface area contributed by atoms with E-state index < -0.39 is 58.0 Å². The highest BCUT2D eigenvalue weighted by Gasteiger charge is 2.75. The molecule has 6 fully saturated rings. The van der Waals surface area contributed by atoms with Crippen molar-refractivity contribution in [3.8, 4) is 0 Å². The second-order valence-corrected chi connectivity index (χ2v) is 19.3. The van der Waals surface area contributed by atoms with Crippen molar-refractivity contribution in [1.82, 2.24) is 0 Å². The summed E-state index contributed by atoms with van der Waals surface area (Å²) in [7, 11) is -4.93. The summed E-state index contributed by atoms with van der Waals surface area (Å²) in [5.41, 5.74) is -1.99. The lowest BCUT2D eigenvalue weighted by Gasteiger charge is -2.74. The van der Waals surface area contributed by atoms with Crippen molar-refractivity contribution in [2.45, 2.75) is 150 Å². The van der Waals surface area contributed by atoms with Crippen LogP contribution in [0, 0.1) is 56.2 Å². The summed E-state index contributed by atoms with van der Waals surface area (Å²) in [5.74, 6) is 0.287. The zero-order valence-corrected chi connectivity index (χ0v) is 30.1. The van der Waals surface area contributed by atoms with Gasteiger partial charge in [-0.05, 0) is 103 Å². The molecule has 0 amide bonds. The zero-order valence-electron chi connectivity index (χ0n) is 29.3. The van der Waals surface area contributed by atoms with Crippen LogP contribution < -0.4 is 0 Å². The molecule has 270 valence electrons. The Balaban J connectivity index is 1.27. The Labute approximate surface area is 280 Å². The average molecular weight is 687 g/mol. The quantitative estimate of drug-likeness (QED) is 0.210. The van der Waals surface area contributed by atoms with Crippen molar-refractivity contribution in [3.63, 3.8) is 0 Å². The highest BCUT2D eigenvalue weighted by atomic mass is 32.3. The predicted octanol–water partition coefficient (Wildman–Crippen LogP) is 3.66. The number of ether oxygens (including phenoxy) is 2. The third-order valence-electron chi connectivity index (χ3n) is 15.9. The van der Waals surface area contributed by atoms with E-state index in [0.29, 0.717) is 19.3 Å². The molecule has 0 bridgehead atoms. The Morgan fingerprint density at radius 2 is 1.45 bits per heavy atom. The first-order valence-corrected chi connectivity index (χ1v) is 19.0. The summed E-state index contributed by atoms with van der Waals surface area (Å²) in [4.78, 5) is 13.0. The van der Waals surface area contributed by atoms with Gasteiger partial charge in [-0.25, -0.2) is 4.18 Å². The van der Waals surface area contributed by atoms with Gasteiger partial charge in [0.25, 0.3) is 0 Å². The minimum atomic E-state index is -4.93. The van der Waals surface area contributed by atoms with Crippen molar-refractivity contribution >= 4 is 16.2 Å². The summed E-state index contributed by atoms with van der Waals surface area (Å²) in [5, 5.41) is 45.3. The van der Waals surface area contributed by atoms with Crippen molar-refractivity contribution in [1.29, 1.82) is 0 Å². The first-order chi connectivity index (χ1) is 21.5. The Bertz CT molecular complexity index is 1370. The van der Waals surface area contributed by atoms with Crippen LogP contribution >= 0.6 is 0 Å². The number of carbonyl (C=O) groups excluding carboxylic acids is 1. The number of aliphatic hydroxyl groups is 4. The molecule has 0 aromatic heterocycles. The minimum Gasteiger partial charge on any atom is -0.393 e. The molecule has 6 rings (SSSR count). The lowest BCUT2D eigenvalue weighted by molar-refractivity contribution is -0.317.